The number of methoxy groups -OCH3 is 1. The van der Waals surface area contributed by atoms with Gasteiger partial charge in [-0.05, 0) is 41.6 Å². The number of rotatable bonds is 4. The van der Waals surface area contributed by atoms with Gasteiger partial charge in [0.2, 0.25) is 0 Å². The van der Waals surface area contributed by atoms with E-state index in [9.17, 15) is 0 Å². The summed E-state index contributed by atoms with van der Waals surface area (Å²) in [6.07, 6.45) is 1.90. The molecule has 0 spiro atoms. The average Bonchev–Trinajstić information content (AvgIpc) is 3.21. The smallest absolute Gasteiger partial charge is 0.172 e. The van der Waals surface area contributed by atoms with Gasteiger partial charge in [0.1, 0.15) is 16.8 Å². The van der Waals surface area contributed by atoms with E-state index in [1.807, 2.05) is 47.4 Å². The van der Waals surface area contributed by atoms with Crippen molar-refractivity contribution in [1.29, 1.82) is 0 Å². The molecule has 5 nitrogen and oxygen atoms in total. The normalized spacial score (nSPS) is 11.2. The van der Waals surface area contributed by atoms with Gasteiger partial charge in [0.15, 0.2) is 11.0 Å². The predicted molar refractivity (Wildman–Crippen MR) is 100 cm³/mol. The number of nitrogens with zero attached hydrogens (tertiary/aromatic N) is 4. The van der Waals surface area contributed by atoms with Crippen molar-refractivity contribution in [2.45, 2.75) is 13.5 Å². The maximum absolute atomic E-state index is 6.35. The summed E-state index contributed by atoms with van der Waals surface area (Å²) in [5, 5.41) is 6.93. The fourth-order valence-corrected chi connectivity index (χ4v) is 3.70. The molecule has 0 saturated carbocycles. The van der Waals surface area contributed by atoms with E-state index in [2.05, 4.69) is 21.1 Å². The Morgan fingerprint density at radius 3 is 2.64 bits per heavy atom. The number of aryl methyl sites for hydroxylation is 1. The molecule has 4 rings (SSSR count). The van der Waals surface area contributed by atoms with E-state index in [0.29, 0.717) is 23.0 Å². The molecule has 4 aromatic rings. The Labute approximate surface area is 153 Å². The van der Waals surface area contributed by atoms with Crippen molar-refractivity contribution in [2.75, 3.05) is 7.11 Å². The molecule has 0 aliphatic rings. The SMILES string of the molecule is COc1ccc(Cn2cc3nc(-c4sccc4C)nc(Cl)c3n2)cc1. The first-order valence-electron chi connectivity index (χ1n) is 7.72. The second-order valence-electron chi connectivity index (χ2n) is 5.68. The minimum Gasteiger partial charge on any atom is -0.497 e. The topological polar surface area (TPSA) is 52.8 Å². The van der Waals surface area contributed by atoms with Gasteiger partial charge in [-0.2, -0.15) is 5.10 Å². The first-order chi connectivity index (χ1) is 12.1. The molecule has 3 heterocycles. The van der Waals surface area contributed by atoms with E-state index in [1.165, 1.54) is 0 Å². The average molecular weight is 371 g/mol. The summed E-state index contributed by atoms with van der Waals surface area (Å²) >= 11 is 7.96. The second-order valence-corrected chi connectivity index (χ2v) is 6.95. The van der Waals surface area contributed by atoms with Gasteiger partial charge in [0, 0.05) is 0 Å². The molecule has 0 aliphatic heterocycles. The molecule has 25 heavy (non-hydrogen) atoms. The molecule has 0 radical (unpaired) electrons. The van der Waals surface area contributed by atoms with E-state index in [0.717, 1.165) is 27.3 Å². The fourth-order valence-electron chi connectivity index (χ4n) is 2.63. The van der Waals surface area contributed by atoms with Gasteiger partial charge in [0.25, 0.3) is 0 Å². The van der Waals surface area contributed by atoms with Gasteiger partial charge in [0.05, 0.1) is 24.7 Å². The number of ether oxygens (including phenoxy) is 1. The summed E-state index contributed by atoms with van der Waals surface area (Å²) in [5.74, 6) is 1.48. The van der Waals surface area contributed by atoms with Crippen molar-refractivity contribution >= 4 is 34.0 Å². The van der Waals surface area contributed by atoms with Crippen molar-refractivity contribution in [3.05, 3.63) is 58.2 Å². The Morgan fingerprint density at radius 2 is 1.96 bits per heavy atom. The highest BCUT2D eigenvalue weighted by Gasteiger charge is 2.14. The third-order valence-electron chi connectivity index (χ3n) is 3.94. The predicted octanol–water partition coefficient (Wildman–Crippen LogP) is 4.57. The van der Waals surface area contributed by atoms with Gasteiger partial charge in [-0.15, -0.1) is 11.3 Å². The summed E-state index contributed by atoms with van der Waals surface area (Å²) in [4.78, 5) is 10.1. The molecule has 1 aromatic carbocycles. The van der Waals surface area contributed by atoms with Crippen molar-refractivity contribution in [3.63, 3.8) is 0 Å². The van der Waals surface area contributed by atoms with Crippen molar-refractivity contribution < 1.29 is 4.74 Å². The van der Waals surface area contributed by atoms with E-state index < -0.39 is 0 Å². The van der Waals surface area contributed by atoms with Crippen molar-refractivity contribution in [1.82, 2.24) is 19.7 Å². The largest absolute Gasteiger partial charge is 0.497 e. The Balaban J connectivity index is 1.69. The van der Waals surface area contributed by atoms with Gasteiger partial charge in [-0.3, -0.25) is 4.68 Å². The standard InChI is InChI=1S/C18H15ClN4OS/c1-11-7-8-25-16(11)18-20-14-10-23(22-15(14)17(19)21-18)9-12-3-5-13(24-2)6-4-12/h3-8,10H,9H2,1-2H3. The maximum Gasteiger partial charge on any atom is 0.172 e. The molecule has 7 heteroatoms. The van der Waals surface area contributed by atoms with E-state index in [1.54, 1.807) is 18.4 Å². The molecular formula is C18H15ClN4OS. The zero-order valence-corrected chi connectivity index (χ0v) is 15.3. The molecule has 0 bridgehead atoms. The highest BCUT2D eigenvalue weighted by Crippen LogP contribution is 2.29. The highest BCUT2D eigenvalue weighted by molar-refractivity contribution is 7.13. The van der Waals surface area contributed by atoms with Gasteiger partial charge >= 0.3 is 0 Å². The van der Waals surface area contributed by atoms with Crippen LogP contribution in [-0.4, -0.2) is 26.9 Å². The Morgan fingerprint density at radius 1 is 1.16 bits per heavy atom. The first-order valence-corrected chi connectivity index (χ1v) is 8.98. The molecule has 0 aliphatic carbocycles. The lowest BCUT2D eigenvalue weighted by Crippen LogP contribution is -1.99. The van der Waals surface area contributed by atoms with E-state index in [4.69, 9.17) is 16.3 Å². The van der Waals surface area contributed by atoms with Crippen LogP contribution in [0.3, 0.4) is 0 Å². The summed E-state index contributed by atoms with van der Waals surface area (Å²) in [7, 11) is 1.66. The van der Waals surface area contributed by atoms with Crippen LogP contribution in [0.15, 0.2) is 41.9 Å². The lowest BCUT2D eigenvalue weighted by atomic mass is 10.2. The molecule has 0 amide bonds. The summed E-state index contributed by atoms with van der Waals surface area (Å²) < 4.78 is 7.02. The third-order valence-corrected chi connectivity index (χ3v) is 5.21. The number of hydrogen-bond donors (Lipinski definition) is 0. The Kier molecular flexibility index (Phi) is 4.15. The minimum atomic E-state index is 0.376. The number of hydrogen-bond acceptors (Lipinski definition) is 5. The minimum absolute atomic E-state index is 0.376. The molecule has 3 aromatic heterocycles. The number of thiophene rings is 1. The van der Waals surface area contributed by atoms with E-state index >= 15 is 0 Å². The van der Waals surface area contributed by atoms with Gasteiger partial charge < -0.3 is 4.74 Å². The van der Waals surface area contributed by atoms with Crippen LogP contribution in [0.25, 0.3) is 21.7 Å². The quantitative estimate of drug-likeness (QED) is 0.493. The van der Waals surface area contributed by atoms with Crippen LogP contribution in [0.5, 0.6) is 5.75 Å². The van der Waals surface area contributed by atoms with Crippen LogP contribution < -0.4 is 4.74 Å². The molecule has 0 fully saturated rings. The maximum atomic E-state index is 6.35. The van der Waals surface area contributed by atoms with Crippen LogP contribution in [0.1, 0.15) is 11.1 Å². The number of halogens is 1. The van der Waals surface area contributed by atoms with Crippen LogP contribution in [0.2, 0.25) is 5.15 Å². The zero-order valence-electron chi connectivity index (χ0n) is 13.7. The van der Waals surface area contributed by atoms with Crippen LogP contribution in [0.4, 0.5) is 0 Å². The molecule has 0 unspecified atom stereocenters. The lowest BCUT2D eigenvalue weighted by molar-refractivity contribution is 0.414. The molecular weight excluding hydrogens is 356 g/mol. The van der Waals surface area contributed by atoms with Crippen LogP contribution >= 0.6 is 22.9 Å². The molecule has 126 valence electrons. The van der Waals surface area contributed by atoms with E-state index in [-0.39, 0.29) is 0 Å². The Bertz CT molecular complexity index is 1040. The zero-order chi connectivity index (χ0) is 17.4. The second kappa shape index (κ2) is 6.46. The molecule has 0 N–H and O–H groups in total. The van der Waals surface area contributed by atoms with Gasteiger partial charge in [-0.1, -0.05) is 23.7 Å². The number of aromatic nitrogens is 4. The fraction of sp³-hybridized carbons (Fsp3) is 0.167. The molecule has 0 saturated heterocycles. The van der Waals surface area contributed by atoms with Crippen LogP contribution in [-0.2, 0) is 6.54 Å². The van der Waals surface area contributed by atoms with Crippen molar-refractivity contribution in [2.24, 2.45) is 0 Å². The lowest BCUT2D eigenvalue weighted by Gasteiger charge is -2.03. The molecule has 0 atom stereocenters. The first kappa shape index (κ1) is 16.1. The highest BCUT2D eigenvalue weighted by atomic mass is 35.5. The number of benzene rings is 1. The van der Waals surface area contributed by atoms with Crippen molar-refractivity contribution in [3.8, 4) is 16.5 Å². The number of fused-ring (bicyclic) bond motifs is 1. The summed E-state index contributed by atoms with van der Waals surface area (Å²) in [6.45, 7) is 2.67. The third kappa shape index (κ3) is 3.10. The monoisotopic (exact) mass is 370 g/mol. The Hall–Kier alpha value is -2.44. The van der Waals surface area contributed by atoms with Crippen LogP contribution in [0, 0.1) is 6.92 Å². The van der Waals surface area contributed by atoms with Gasteiger partial charge in [-0.25, -0.2) is 9.97 Å². The summed E-state index contributed by atoms with van der Waals surface area (Å²) in [6, 6.07) is 9.94. The summed E-state index contributed by atoms with van der Waals surface area (Å²) in [5.41, 5.74) is 3.63.